The Balaban J connectivity index is 1.64. The van der Waals surface area contributed by atoms with Gasteiger partial charge in [-0.2, -0.15) is 0 Å². The van der Waals surface area contributed by atoms with Gasteiger partial charge in [-0.3, -0.25) is 4.79 Å². The van der Waals surface area contributed by atoms with Crippen molar-refractivity contribution in [2.45, 2.75) is 408 Å². The lowest BCUT2D eigenvalue weighted by molar-refractivity contribution is -0.359. The molecule has 2 aliphatic rings. The molecule has 0 aromatic rings. The van der Waals surface area contributed by atoms with Gasteiger partial charge in [0.25, 0.3) is 0 Å². The first-order valence-corrected chi connectivity index (χ1v) is 36.6. The number of hydrogen-bond acceptors (Lipinski definition) is 13. The van der Waals surface area contributed by atoms with Crippen LogP contribution in [0.15, 0.2) is 24.3 Å². The highest BCUT2D eigenvalue weighted by atomic mass is 16.7. The van der Waals surface area contributed by atoms with Gasteiger partial charge in [-0.1, -0.05) is 308 Å². The molecule has 12 unspecified atom stereocenters. The first-order chi connectivity index (χ1) is 42.1. The zero-order chi connectivity index (χ0) is 62.3. The lowest BCUT2D eigenvalue weighted by Gasteiger charge is -2.46. The lowest BCUT2D eigenvalue weighted by Crippen LogP contribution is -2.65. The summed E-state index contributed by atoms with van der Waals surface area (Å²) in [7, 11) is 0. The highest BCUT2D eigenvalue weighted by Crippen LogP contribution is 2.30. The molecule has 0 radical (unpaired) electrons. The van der Waals surface area contributed by atoms with Crippen LogP contribution in [0, 0.1) is 0 Å². The monoisotopic (exact) mass is 1220 g/mol. The molecule has 2 aliphatic heterocycles. The van der Waals surface area contributed by atoms with Gasteiger partial charge < -0.3 is 65.1 Å². The van der Waals surface area contributed by atoms with Crippen LogP contribution in [0.5, 0.6) is 0 Å². The molecular formula is C72H137NO13. The summed E-state index contributed by atoms with van der Waals surface area (Å²) in [4.78, 5) is 13.3. The van der Waals surface area contributed by atoms with Crippen molar-refractivity contribution in [2.24, 2.45) is 0 Å². The van der Waals surface area contributed by atoms with Crippen molar-refractivity contribution in [3.8, 4) is 0 Å². The molecule has 2 heterocycles. The zero-order valence-electron chi connectivity index (χ0n) is 55.3. The third kappa shape index (κ3) is 41.1. The summed E-state index contributed by atoms with van der Waals surface area (Å²) in [6, 6.07) is -0.913. The van der Waals surface area contributed by atoms with E-state index in [1.807, 2.05) is 6.08 Å². The number of carbonyl (C=O) groups is 1. The van der Waals surface area contributed by atoms with E-state index < -0.39 is 86.8 Å². The quantitative estimate of drug-likeness (QED) is 0.0204. The van der Waals surface area contributed by atoms with Crippen molar-refractivity contribution >= 4 is 5.91 Å². The molecule has 0 aromatic heterocycles. The van der Waals surface area contributed by atoms with Gasteiger partial charge in [-0.05, 0) is 44.9 Å². The van der Waals surface area contributed by atoms with Gasteiger partial charge in [0.1, 0.15) is 48.8 Å². The molecule has 0 aliphatic carbocycles. The average Bonchev–Trinajstić information content (AvgIpc) is 2.54. The molecule has 12 atom stereocenters. The highest BCUT2D eigenvalue weighted by molar-refractivity contribution is 5.76. The maximum atomic E-state index is 13.3. The van der Waals surface area contributed by atoms with E-state index in [0.29, 0.717) is 6.42 Å². The number of aliphatic hydroxyl groups is 8. The largest absolute Gasteiger partial charge is 0.394 e. The first-order valence-electron chi connectivity index (χ1n) is 36.6. The number of allylic oxidation sites excluding steroid dienone is 3. The van der Waals surface area contributed by atoms with Crippen LogP contribution in [-0.4, -0.2) is 140 Å². The van der Waals surface area contributed by atoms with Gasteiger partial charge >= 0.3 is 0 Å². The van der Waals surface area contributed by atoms with Crippen LogP contribution in [-0.2, 0) is 23.7 Å². The molecule has 2 rings (SSSR count). The van der Waals surface area contributed by atoms with Gasteiger partial charge in [-0.15, -0.1) is 0 Å². The van der Waals surface area contributed by atoms with Gasteiger partial charge in [0.15, 0.2) is 12.6 Å². The van der Waals surface area contributed by atoms with E-state index in [-0.39, 0.29) is 18.9 Å². The Morgan fingerprint density at radius 1 is 0.407 bits per heavy atom. The normalized spacial score (nSPS) is 23.5. The number of unbranched alkanes of at least 4 members (excludes halogenated alkanes) is 46. The number of hydrogen-bond donors (Lipinski definition) is 9. The van der Waals surface area contributed by atoms with Crippen molar-refractivity contribution in [2.75, 3.05) is 19.8 Å². The summed E-state index contributed by atoms with van der Waals surface area (Å²) in [5.41, 5.74) is 0. The molecule has 0 bridgehead atoms. The van der Waals surface area contributed by atoms with Crippen LogP contribution in [0.25, 0.3) is 0 Å². The van der Waals surface area contributed by atoms with Gasteiger partial charge in [0, 0.05) is 6.42 Å². The van der Waals surface area contributed by atoms with Crippen molar-refractivity contribution < 1.29 is 64.6 Å². The van der Waals surface area contributed by atoms with Gasteiger partial charge in [-0.25, -0.2) is 0 Å². The SMILES string of the molecule is CCCCCCCCCC/C=C\CCCCCCCCCCCCCCCCCCCCCC(=O)NC(COC1OC(CO)C(OC2OC(CO)C(O)C(O)C2O)C(O)C1O)C(O)/C=C/CCCCCCCCCCCCCCCCCCCCC. The number of aliphatic hydroxyl groups excluding tert-OH is 8. The molecule has 9 N–H and O–H groups in total. The molecule has 0 spiro atoms. The fourth-order valence-corrected chi connectivity index (χ4v) is 12.3. The Kier molecular flexibility index (Phi) is 53.7. The fourth-order valence-electron chi connectivity index (χ4n) is 12.3. The van der Waals surface area contributed by atoms with Crippen LogP contribution >= 0.6 is 0 Å². The number of rotatable bonds is 61. The smallest absolute Gasteiger partial charge is 0.220 e. The molecule has 14 nitrogen and oxygen atoms in total. The zero-order valence-corrected chi connectivity index (χ0v) is 55.3. The summed E-state index contributed by atoms with van der Waals surface area (Å²) < 4.78 is 22.9. The number of amides is 1. The summed E-state index contributed by atoms with van der Waals surface area (Å²) >= 11 is 0. The van der Waals surface area contributed by atoms with E-state index in [2.05, 4.69) is 31.3 Å². The minimum atomic E-state index is -1.79. The van der Waals surface area contributed by atoms with E-state index in [1.54, 1.807) is 6.08 Å². The second kappa shape index (κ2) is 57.4. The maximum absolute atomic E-state index is 13.3. The van der Waals surface area contributed by atoms with Crippen LogP contribution in [0.3, 0.4) is 0 Å². The van der Waals surface area contributed by atoms with Crippen molar-refractivity contribution in [1.29, 1.82) is 0 Å². The summed E-state index contributed by atoms with van der Waals surface area (Å²) in [5.74, 6) is -0.232. The first kappa shape index (κ1) is 80.6. The van der Waals surface area contributed by atoms with Crippen LogP contribution < -0.4 is 5.32 Å². The van der Waals surface area contributed by atoms with E-state index in [1.165, 1.54) is 270 Å². The molecule has 1 amide bonds. The van der Waals surface area contributed by atoms with Crippen molar-refractivity contribution in [3.63, 3.8) is 0 Å². The fraction of sp³-hybridized carbons (Fsp3) is 0.931. The predicted octanol–water partition coefficient (Wildman–Crippen LogP) is 15.1. The molecule has 0 saturated carbocycles. The molecule has 2 saturated heterocycles. The van der Waals surface area contributed by atoms with Crippen LogP contribution in [0.2, 0.25) is 0 Å². The van der Waals surface area contributed by atoms with E-state index >= 15 is 0 Å². The molecule has 86 heavy (non-hydrogen) atoms. The molecule has 14 heteroatoms. The standard InChI is InChI=1S/C72H137NO13/c1-3-5-7-9-11-13-15-17-19-21-23-25-26-27-28-29-30-31-32-33-34-36-38-40-42-44-46-48-50-52-54-56-64(77)73-60(61(76)55-53-51-49-47-45-43-41-39-37-35-24-22-20-18-16-14-12-10-8-6-4-2)59-83-71-69(82)67(80)70(63(58-75)85-71)86-72-68(81)66(79)65(78)62(57-74)84-72/h21,23,53,55,60-63,65-72,74-76,78-82H,3-20,22,24-52,54,56-59H2,1-2H3,(H,73,77)/b23-21-,55-53+. The third-order valence-electron chi connectivity index (χ3n) is 18.1. The minimum Gasteiger partial charge on any atom is -0.394 e. The number of ether oxygens (including phenoxy) is 4. The van der Waals surface area contributed by atoms with E-state index in [9.17, 15) is 45.6 Å². The van der Waals surface area contributed by atoms with Gasteiger partial charge in [0.05, 0.1) is 32.0 Å². The Bertz CT molecular complexity index is 1540. The Labute approximate surface area is 526 Å². The van der Waals surface area contributed by atoms with E-state index in [0.717, 1.165) is 38.5 Å². The molecular weight excluding hydrogens is 1090 g/mol. The van der Waals surface area contributed by atoms with Crippen molar-refractivity contribution in [1.82, 2.24) is 5.32 Å². The molecule has 0 aromatic carbocycles. The highest BCUT2D eigenvalue weighted by Gasteiger charge is 2.51. The predicted molar refractivity (Wildman–Crippen MR) is 351 cm³/mol. The molecule has 2 fully saturated rings. The Morgan fingerprint density at radius 2 is 0.733 bits per heavy atom. The van der Waals surface area contributed by atoms with Crippen LogP contribution in [0.4, 0.5) is 0 Å². The Hall–Kier alpha value is -1.53. The second-order valence-corrected chi connectivity index (χ2v) is 26.1. The third-order valence-corrected chi connectivity index (χ3v) is 18.1. The van der Waals surface area contributed by atoms with E-state index in [4.69, 9.17) is 18.9 Å². The number of nitrogens with one attached hydrogen (secondary N) is 1. The minimum absolute atomic E-state index is 0.232. The molecule has 508 valence electrons. The summed E-state index contributed by atoms with van der Waals surface area (Å²) in [6.45, 7) is 2.85. The van der Waals surface area contributed by atoms with Crippen LogP contribution in [0.1, 0.15) is 335 Å². The lowest BCUT2D eigenvalue weighted by atomic mass is 9.97. The average molecular weight is 1220 g/mol. The maximum Gasteiger partial charge on any atom is 0.220 e. The number of carbonyl (C=O) groups excluding carboxylic acids is 1. The summed E-state index contributed by atoms with van der Waals surface area (Å²) in [5, 5.41) is 87.5. The second-order valence-electron chi connectivity index (χ2n) is 26.1. The topological polar surface area (TPSA) is 228 Å². The van der Waals surface area contributed by atoms with Crippen molar-refractivity contribution in [3.05, 3.63) is 24.3 Å². The Morgan fingerprint density at radius 3 is 1.10 bits per heavy atom. The van der Waals surface area contributed by atoms with Gasteiger partial charge in [0.2, 0.25) is 5.91 Å². The summed E-state index contributed by atoms with van der Waals surface area (Å²) in [6.07, 6.45) is 55.3.